The van der Waals surface area contributed by atoms with Crippen LogP contribution in [-0.4, -0.2) is 230 Å². The molecule has 3 heterocycles. The minimum absolute atomic E-state index is 0.0338. The Hall–Kier alpha value is -5.47. The Morgan fingerprint density at radius 2 is 1.47 bits per heavy atom. The zero-order valence-electron chi connectivity index (χ0n) is 42.4. The van der Waals surface area contributed by atoms with E-state index >= 15 is 0 Å². The second-order valence-electron chi connectivity index (χ2n) is 18.9. The number of fused-ring (bicyclic) bond motifs is 1. The summed E-state index contributed by atoms with van der Waals surface area (Å²) >= 11 is 2.87. The number of unbranched alkanes of at least 4 members (excludes halogenated alkanes) is 1. The minimum atomic E-state index is -1.27. The lowest BCUT2D eigenvalue weighted by atomic mass is 9.93. The van der Waals surface area contributed by atoms with Gasteiger partial charge in [-0.15, -0.1) is 11.8 Å². The Kier molecular flexibility index (Phi) is 25.9. The predicted octanol–water partition coefficient (Wildman–Crippen LogP) is 0.714. The van der Waals surface area contributed by atoms with Crippen molar-refractivity contribution in [3.8, 4) is 0 Å². The van der Waals surface area contributed by atoms with Gasteiger partial charge < -0.3 is 46.7 Å². The second kappa shape index (κ2) is 31.4. The van der Waals surface area contributed by atoms with Gasteiger partial charge in [-0.05, 0) is 86.8 Å². The summed E-state index contributed by atoms with van der Waals surface area (Å²) in [5, 5.41) is 54.1. The van der Waals surface area contributed by atoms with Gasteiger partial charge in [0.25, 0.3) is 5.91 Å². The first kappa shape index (κ1) is 61.1. The van der Waals surface area contributed by atoms with Gasteiger partial charge in [-0.25, -0.2) is 4.79 Å². The lowest BCUT2D eigenvalue weighted by molar-refractivity contribution is -0.142. The number of hydrogen-bond donors (Lipinski definition) is 8. The Bertz CT molecular complexity index is 2190. The summed E-state index contributed by atoms with van der Waals surface area (Å²) in [6.07, 6.45) is 3.71. The molecule has 0 radical (unpaired) electrons. The normalized spacial score (nSPS) is 19.1. The second-order valence-corrected chi connectivity index (χ2v) is 21.2. The van der Waals surface area contributed by atoms with Gasteiger partial charge in [0.2, 0.25) is 23.6 Å². The molecule has 4 atom stereocenters. The van der Waals surface area contributed by atoms with Gasteiger partial charge in [-0.1, -0.05) is 12.1 Å². The molecule has 410 valence electrons. The Morgan fingerprint density at radius 1 is 0.784 bits per heavy atom. The molecule has 2 fully saturated rings. The van der Waals surface area contributed by atoms with Crippen LogP contribution in [0.25, 0.3) is 0 Å². The topological polar surface area (TPSA) is 328 Å². The number of amides is 5. The van der Waals surface area contributed by atoms with E-state index in [1.807, 2.05) is 17.2 Å². The molecular weight excluding hydrogens is 1000 g/mol. The van der Waals surface area contributed by atoms with Crippen LogP contribution in [0.5, 0.6) is 0 Å². The van der Waals surface area contributed by atoms with Crippen molar-refractivity contribution in [1.29, 1.82) is 5.41 Å². The van der Waals surface area contributed by atoms with Crippen LogP contribution in [0.1, 0.15) is 92.6 Å². The molecule has 0 saturated carbocycles. The third-order valence-electron chi connectivity index (χ3n) is 13.0. The molecule has 5 amide bonds. The van der Waals surface area contributed by atoms with E-state index in [4.69, 9.17) is 5.41 Å². The molecular formula is C49H73N9O14S2. The molecule has 3 aliphatic heterocycles. The van der Waals surface area contributed by atoms with Crippen LogP contribution in [0, 0.1) is 5.41 Å². The van der Waals surface area contributed by atoms with Crippen molar-refractivity contribution in [2.45, 2.75) is 107 Å². The summed E-state index contributed by atoms with van der Waals surface area (Å²) in [5.41, 5.74) is 2.32. The number of carbonyl (C=O) groups excluding carboxylic acids is 6. The number of ketones is 1. The average Bonchev–Trinajstić information content (AvgIpc) is 3.60. The van der Waals surface area contributed by atoms with Crippen molar-refractivity contribution in [2.75, 3.05) is 96.3 Å². The fourth-order valence-electron chi connectivity index (χ4n) is 9.12. The van der Waals surface area contributed by atoms with Gasteiger partial charge in [0.15, 0.2) is 5.78 Å². The number of carbonyl (C=O) groups is 10. The highest BCUT2D eigenvalue weighted by Crippen LogP contribution is 2.27. The van der Waals surface area contributed by atoms with E-state index in [0.29, 0.717) is 60.6 Å². The van der Waals surface area contributed by atoms with Crippen LogP contribution in [0.4, 0.5) is 0 Å². The van der Waals surface area contributed by atoms with Crippen molar-refractivity contribution in [2.24, 2.45) is 0 Å². The van der Waals surface area contributed by atoms with Crippen LogP contribution in [-0.2, 0) is 56.1 Å². The number of aliphatic carboxylic acids is 4. The number of rotatable bonds is 29. The number of nitrogens with zero attached hydrogens (tertiary/aromatic N) is 5. The largest absolute Gasteiger partial charge is 0.481 e. The molecule has 25 heteroatoms. The summed E-state index contributed by atoms with van der Waals surface area (Å²) in [5.74, 6) is -5.68. The highest BCUT2D eigenvalue weighted by Gasteiger charge is 2.38. The molecule has 3 aliphatic rings. The molecule has 0 bridgehead atoms. The molecule has 74 heavy (non-hydrogen) atoms. The van der Waals surface area contributed by atoms with Crippen molar-refractivity contribution < 1.29 is 68.4 Å². The first-order chi connectivity index (χ1) is 35.2. The van der Waals surface area contributed by atoms with Gasteiger partial charge in [0, 0.05) is 102 Å². The minimum Gasteiger partial charge on any atom is -0.481 e. The van der Waals surface area contributed by atoms with Crippen molar-refractivity contribution >= 4 is 88.4 Å². The molecule has 2 unspecified atom stereocenters. The van der Waals surface area contributed by atoms with Crippen LogP contribution in [0.3, 0.4) is 0 Å². The standard InChI is InChI=1S/C49H73N9O14S2/c1-32(50)7-6-23-74-40-26-42(61)58(48(40)70)16-4-3-10-38(49(71)72)52-41(60)12-11-39(59)37(14-24-73-2)53-47(69)36-9-5-8-33-27-57(17-13-35(33)36)43(62)29-55-20-19-54(30-45(65)66)18-15-51-34(25-44(63)64)28-56(22-21-55)31-46(67)68/h5,8-9,34,37-38,40,50-51H,3-4,6-7,10-31H2,1-2H3,(H,52,60)(H,53,69)(H,63,64)(H,65,66)(H,67,68)(H,71,72)/t34?,37-,38-,40?/m0/s1. The fraction of sp³-hybridized carbons (Fsp3) is 0.653. The number of imide groups is 1. The van der Waals surface area contributed by atoms with Gasteiger partial charge in [-0.2, -0.15) is 11.8 Å². The number of hydrogen-bond acceptors (Lipinski definition) is 17. The lowest BCUT2D eigenvalue weighted by Gasteiger charge is -2.34. The SMILES string of the molecule is CSCC[C@H](NC(=O)c1cccc2c1CCN(C(=O)CN1CCN(CC(=O)O)CCNC(CC(=O)O)CN(CC(=O)O)CC1)C2)C(=O)CCC(=O)N[C@@H](CCCCN1C(=O)CC(SCCCC(C)=N)C1=O)C(=O)O. The van der Waals surface area contributed by atoms with Gasteiger partial charge in [-0.3, -0.25) is 62.8 Å². The van der Waals surface area contributed by atoms with E-state index in [1.54, 1.807) is 33.8 Å². The van der Waals surface area contributed by atoms with Crippen LogP contribution in [0.2, 0.25) is 0 Å². The molecule has 2 saturated heterocycles. The van der Waals surface area contributed by atoms with E-state index < -0.39 is 64.9 Å². The van der Waals surface area contributed by atoms with Gasteiger partial charge in [0.1, 0.15) is 6.04 Å². The molecule has 0 aliphatic carbocycles. The summed E-state index contributed by atoms with van der Waals surface area (Å²) in [4.78, 5) is 135. The molecule has 4 rings (SSSR count). The Labute approximate surface area is 439 Å². The maximum absolute atomic E-state index is 14.0. The summed E-state index contributed by atoms with van der Waals surface area (Å²) < 4.78 is 0. The number of carboxylic acids is 4. The quantitative estimate of drug-likeness (QED) is 0.0311. The van der Waals surface area contributed by atoms with Crippen LogP contribution in [0.15, 0.2) is 18.2 Å². The smallest absolute Gasteiger partial charge is 0.326 e. The maximum Gasteiger partial charge on any atom is 0.326 e. The van der Waals surface area contributed by atoms with Gasteiger partial charge in [0.05, 0.1) is 37.3 Å². The molecule has 1 aromatic carbocycles. The van der Waals surface area contributed by atoms with E-state index in [2.05, 4.69) is 16.0 Å². The fourth-order valence-corrected chi connectivity index (χ4v) is 10.7. The molecule has 0 spiro atoms. The Morgan fingerprint density at radius 3 is 2.14 bits per heavy atom. The first-order valence-corrected chi connectivity index (χ1v) is 27.5. The monoisotopic (exact) mass is 1080 g/mol. The number of benzene rings is 1. The van der Waals surface area contributed by atoms with E-state index in [-0.39, 0.29) is 135 Å². The van der Waals surface area contributed by atoms with Crippen molar-refractivity contribution in [3.05, 3.63) is 34.9 Å². The predicted molar refractivity (Wildman–Crippen MR) is 276 cm³/mol. The molecule has 0 aromatic heterocycles. The highest BCUT2D eigenvalue weighted by atomic mass is 32.2. The first-order valence-electron chi connectivity index (χ1n) is 25.0. The molecule has 1 aromatic rings. The number of nitrogens with one attached hydrogen (secondary N) is 4. The van der Waals surface area contributed by atoms with Crippen LogP contribution >= 0.6 is 23.5 Å². The van der Waals surface area contributed by atoms with E-state index in [0.717, 1.165) is 12.0 Å². The third-order valence-corrected chi connectivity index (χ3v) is 15.0. The summed E-state index contributed by atoms with van der Waals surface area (Å²) in [6, 6.07) is 2.32. The Balaban J connectivity index is 1.32. The van der Waals surface area contributed by atoms with Gasteiger partial charge >= 0.3 is 23.9 Å². The lowest BCUT2D eigenvalue weighted by Crippen LogP contribution is -2.52. The number of carboxylic acid groups (broad SMARTS) is 4. The van der Waals surface area contributed by atoms with E-state index in [1.165, 1.54) is 28.4 Å². The van der Waals surface area contributed by atoms with E-state index in [9.17, 15) is 68.4 Å². The number of likely N-dealkylation sites (tertiary alicyclic amines) is 1. The maximum atomic E-state index is 14.0. The number of thioether (sulfide) groups is 2. The average molecular weight is 1080 g/mol. The van der Waals surface area contributed by atoms with Crippen LogP contribution < -0.4 is 16.0 Å². The summed E-state index contributed by atoms with van der Waals surface area (Å²) in [7, 11) is 0. The number of Topliss-reactive ketones (excluding diaryl/α,β-unsaturated/α-hetero) is 1. The molecule has 23 nitrogen and oxygen atoms in total. The zero-order valence-corrected chi connectivity index (χ0v) is 44.0. The van der Waals surface area contributed by atoms with Crippen molar-refractivity contribution in [3.63, 3.8) is 0 Å². The highest BCUT2D eigenvalue weighted by molar-refractivity contribution is 8.00. The zero-order chi connectivity index (χ0) is 54.3. The van der Waals surface area contributed by atoms with Crippen molar-refractivity contribution in [1.82, 2.24) is 40.4 Å². The molecule has 8 N–H and O–H groups in total. The third kappa shape index (κ3) is 21.0. The summed E-state index contributed by atoms with van der Waals surface area (Å²) in [6.45, 7) is 3.23.